The fraction of sp³-hybridized carbons (Fsp3) is 0.429. The van der Waals surface area contributed by atoms with Gasteiger partial charge in [0.15, 0.2) is 0 Å². The van der Waals surface area contributed by atoms with Gasteiger partial charge in [0, 0.05) is 19.6 Å². The number of hydrogen-bond donors (Lipinski definition) is 1. The minimum atomic E-state index is 0.0928. The van der Waals surface area contributed by atoms with Gasteiger partial charge in [0.05, 0.1) is 19.8 Å². The normalized spacial score (nSPS) is 17.7. The van der Waals surface area contributed by atoms with Gasteiger partial charge in [-0.3, -0.25) is 4.90 Å². The zero-order valence-electron chi connectivity index (χ0n) is 10.0. The second kappa shape index (κ2) is 6.55. The fourth-order valence-electron chi connectivity index (χ4n) is 1.94. The Kier molecular flexibility index (Phi) is 4.74. The summed E-state index contributed by atoms with van der Waals surface area (Å²) in [5.41, 5.74) is 2.46. The number of rotatable bonds is 4. The molecule has 2 rings (SSSR count). The van der Waals surface area contributed by atoms with Gasteiger partial charge in [-0.05, 0) is 11.1 Å². The van der Waals surface area contributed by atoms with Crippen molar-refractivity contribution in [3.8, 4) is 0 Å². The molecule has 0 radical (unpaired) electrons. The van der Waals surface area contributed by atoms with E-state index in [0.717, 1.165) is 38.4 Å². The second-order valence-corrected chi connectivity index (χ2v) is 4.22. The average Bonchev–Trinajstić information content (AvgIpc) is 2.39. The minimum Gasteiger partial charge on any atom is -0.392 e. The van der Waals surface area contributed by atoms with Crippen molar-refractivity contribution in [2.24, 2.45) is 0 Å². The molecule has 0 atom stereocenters. The van der Waals surface area contributed by atoms with E-state index in [1.165, 1.54) is 5.56 Å². The molecule has 0 bridgehead atoms. The Bertz CT molecular complexity index is 353. The Morgan fingerprint density at radius 3 is 2.53 bits per heavy atom. The molecule has 0 saturated carbocycles. The van der Waals surface area contributed by atoms with Crippen molar-refractivity contribution in [3.05, 3.63) is 41.5 Å². The maximum atomic E-state index is 8.69. The third kappa shape index (κ3) is 3.97. The molecule has 1 aromatic rings. The van der Waals surface area contributed by atoms with Crippen molar-refractivity contribution in [1.29, 1.82) is 0 Å². The third-order valence-electron chi connectivity index (χ3n) is 2.91. The van der Waals surface area contributed by atoms with Crippen LogP contribution in [-0.2, 0) is 11.3 Å². The van der Waals surface area contributed by atoms with Crippen molar-refractivity contribution >= 4 is 6.08 Å². The lowest BCUT2D eigenvalue weighted by molar-refractivity contribution is 0.0342. The molecule has 0 amide bonds. The number of morpholine rings is 1. The molecule has 0 spiro atoms. The number of aliphatic hydroxyl groups is 1. The topological polar surface area (TPSA) is 32.7 Å². The van der Waals surface area contributed by atoms with E-state index < -0.39 is 0 Å². The molecule has 3 nitrogen and oxygen atoms in total. The monoisotopic (exact) mass is 233 g/mol. The fourth-order valence-corrected chi connectivity index (χ4v) is 1.94. The molecule has 0 unspecified atom stereocenters. The van der Waals surface area contributed by atoms with Gasteiger partial charge in [0.1, 0.15) is 0 Å². The predicted octanol–water partition coefficient (Wildman–Crippen LogP) is 1.52. The molecule has 1 aliphatic rings. The molecule has 92 valence electrons. The molecule has 0 aliphatic carbocycles. The van der Waals surface area contributed by atoms with Crippen LogP contribution < -0.4 is 0 Å². The van der Waals surface area contributed by atoms with Crippen LogP contribution in [0.4, 0.5) is 0 Å². The number of nitrogens with zero attached hydrogens (tertiary/aromatic N) is 1. The molecule has 1 fully saturated rings. The summed E-state index contributed by atoms with van der Waals surface area (Å²) in [6.07, 6.45) is 3.68. The average molecular weight is 233 g/mol. The van der Waals surface area contributed by atoms with Gasteiger partial charge >= 0.3 is 0 Å². The zero-order valence-corrected chi connectivity index (χ0v) is 10.0. The molecule has 17 heavy (non-hydrogen) atoms. The summed E-state index contributed by atoms with van der Waals surface area (Å²) in [6, 6.07) is 8.46. The largest absolute Gasteiger partial charge is 0.392 e. The lowest BCUT2D eigenvalue weighted by Crippen LogP contribution is -2.35. The lowest BCUT2D eigenvalue weighted by atomic mass is 10.1. The van der Waals surface area contributed by atoms with E-state index in [0.29, 0.717) is 0 Å². The van der Waals surface area contributed by atoms with Crippen LogP contribution in [-0.4, -0.2) is 42.9 Å². The first-order chi connectivity index (χ1) is 8.38. The highest BCUT2D eigenvalue weighted by atomic mass is 16.5. The second-order valence-electron chi connectivity index (χ2n) is 4.22. The van der Waals surface area contributed by atoms with E-state index in [1.54, 1.807) is 6.08 Å². The summed E-state index contributed by atoms with van der Waals surface area (Å²) < 4.78 is 5.33. The number of benzene rings is 1. The van der Waals surface area contributed by atoms with Crippen LogP contribution in [0.1, 0.15) is 11.1 Å². The first-order valence-electron chi connectivity index (χ1n) is 6.05. The number of aliphatic hydroxyl groups excluding tert-OH is 1. The van der Waals surface area contributed by atoms with E-state index >= 15 is 0 Å². The van der Waals surface area contributed by atoms with E-state index in [1.807, 2.05) is 6.08 Å². The third-order valence-corrected chi connectivity index (χ3v) is 2.91. The van der Waals surface area contributed by atoms with Crippen LogP contribution in [0.25, 0.3) is 6.08 Å². The highest BCUT2D eigenvalue weighted by molar-refractivity contribution is 5.49. The summed E-state index contributed by atoms with van der Waals surface area (Å²) in [6.45, 7) is 4.82. The Morgan fingerprint density at radius 2 is 1.88 bits per heavy atom. The Morgan fingerprint density at radius 1 is 1.18 bits per heavy atom. The first kappa shape index (κ1) is 12.3. The van der Waals surface area contributed by atoms with Crippen LogP contribution in [0.2, 0.25) is 0 Å². The van der Waals surface area contributed by atoms with Crippen LogP contribution in [0.5, 0.6) is 0 Å². The van der Waals surface area contributed by atoms with E-state index in [9.17, 15) is 0 Å². The summed E-state index contributed by atoms with van der Waals surface area (Å²) in [4.78, 5) is 2.40. The molecule has 1 aromatic carbocycles. The predicted molar refractivity (Wildman–Crippen MR) is 68.7 cm³/mol. The van der Waals surface area contributed by atoms with Crippen LogP contribution in [0, 0.1) is 0 Å². The molecule has 1 aliphatic heterocycles. The first-order valence-corrected chi connectivity index (χ1v) is 6.05. The molecule has 0 aromatic heterocycles. The van der Waals surface area contributed by atoms with Crippen molar-refractivity contribution in [3.63, 3.8) is 0 Å². The smallest absolute Gasteiger partial charge is 0.0615 e. The van der Waals surface area contributed by atoms with Gasteiger partial charge in [-0.25, -0.2) is 0 Å². The molecule has 1 heterocycles. The van der Waals surface area contributed by atoms with E-state index in [2.05, 4.69) is 29.2 Å². The standard InChI is InChI=1S/C14H19NO2/c16-9-1-2-13-3-5-14(6-4-13)12-15-7-10-17-11-8-15/h1-6,16H,7-12H2/b2-1+. The lowest BCUT2D eigenvalue weighted by Gasteiger charge is -2.26. The van der Waals surface area contributed by atoms with Gasteiger partial charge in [0.2, 0.25) is 0 Å². The van der Waals surface area contributed by atoms with Crippen molar-refractivity contribution in [1.82, 2.24) is 4.90 Å². The Labute approximate surface area is 102 Å². The van der Waals surface area contributed by atoms with Gasteiger partial charge in [-0.1, -0.05) is 36.4 Å². The SMILES string of the molecule is OC/C=C/c1ccc(CN2CCOCC2)cc1. The summed E-state index contributed by atoms with van der Waals surface area (Å²) in [7, 11) is 0. The van der Waals surface area contributed by atoms with Crippen LogP contribution in [0.3, 0.4) is 0 Å². The van der Waals surface area contributed by atoms with Crippen molar-refractivity contribution in [2.75, 3.05) is 32.9 Å². The van der Waals surface area contributed by atoms with Gasteiger partial charge in [-0.2, -0.15) is 0 Å². The highest BCUT2D eigenvalue weighted by Crippen LogP contribution is 2.10. The number of hydrogen-bond acceptors (Lipinski definition) is 3. The van der Waals surface area contributed by atoms with E-state index in [-0.39, 0.29) is 6.61 Å². The van der Waals surface area contributed by atoms with Crippen molar-refractivity contribution < 1.29 is 9.84 Å². The minimum absolute atomic E-state index is 0.0928. The van der Waals surface area contributed by atoms with Crippen molar-refractivity contribution in [2.45, 2.75) is 6.54 Å². The molecule has 3 heteroatoms. The Hall–Kier alpha value is -1.16. The van der Waals surface area contributed by atoms with Gasteiger partial charge in [-0.15, -0.1) is 0 Å². The zero-order chi connectivity index (χ0) is 11.9. The Balaban J connectivity index is 1.90. The van der Waals surface area contributed by atoms with Gasteiger partial charge in [0.25, 0.3) is 0 Å². The summed E-state index contributed by atoms with van der Waals surface area (Å²) in [5.74, 6) is 0. The highest BCUT2D eigenvalue weighted by Gasteiger charge is 2.09. The molecule has 1 N–H and O–H groups in total. The molecular formula is C14H19NO2. The maximum absolute atomic E-state index is 8.69. The molecular weight excluding hydrogens is 214 g/mol. The van der Waals surface area contributed by atoms with Crippen LogP contribution in [0.15, 0.2) is 30.3 Å². The maximum Gasteiger partial charge on any atom is 0.0615 e. The van der Waals surface area contributed by atoms with Gasteiger partial charge < -0.3 is 9.84 Å². The molecule has 1 saturated heterocycles. The number of ether oxygens (including phenoxy) is 1. The quantitative estimate of drug-likeness (QED) is 0.856. The van der Waals surface area contributed by atoms with Crippen LogP contribution >= 0.6 is 0 Å². The summed E-state index contributed by atoms with van der Waals surface area (Å²) in [5, 5.41) is 8.69. The van der Waals surface area contributed by atoms with E-state index in [4.69, 9.17) is 9.84 Å². The summed E-state index contributed by atoms with van der Waals surface area (Å²) >= 11 is 0.